The first-order valence-corrected chi connectivity index (χ1v) is 28.7. The highest BCUT2D eigenvalue weighted by atomic mass is 16.4. The van der Waals surface area contributed by atoms with E-state index in [4.69, 9.17) is 14.7 Å². The molecule has 6 aliphatic rings. The van der Waals surface area contributed by atoms with Gasteiger partial charge in [0.05, 0.1) is 17.9 Å². The van der Waals surface area contributed by atoms with Crippen molar-refractivity contribution in [3.8, 4) is 22.3 Å². The Kier molecular flexibility index (Phi) is 41.4. The van der Waals surface area contributed by atoms with Gasteiger partial charge in [0.25, 0.3) is 6.47 Å². The molecular formula is C62H106N8O6. The molecule has 0 bridgehead atoms. The summed E-state index contributed by atoms with van der Waals surface area (Å²) in [5, 5.41) is 23.4. The van der Waals surface area contributed by atoms with Crippen LogP contribution in [0.2, 0.25) is 0 Å². The molecule has 2 unspecified atom stereocenters. The smallest absolute Gasteiger partial charge is 0.290 e. The van der Waals surface area contributed by atoms with E-state index >= 15 is 0 Å². The quantitative estimate of drug-likeness (QED) is 0.0543. The van der Waals surface area contributed by atoms with Gasteiger partial charge in [-0.2, -0.15) is 0 Å². The van der Waals surface area contributed by atoms with Gasteiger partial charge in [-0.1, -0.05) is 111 Å². The lowest BCUT2D eigenvalue weighted by Crippen LogP contribution is -2.38. The maximum atomic E-state index is 9.34. The number of nitrogens with one attached hydrogen (secondary N) is 5. The molecule has 0 radical (unpaired) electrons. The number of carbonyl (C=O) groups is 4. The van der Waals surface area contributed by atoms with Crippen LogP contribution in [0.3, 0.4) is 0 Å². The zero-order valence-corrected chi connectivity index (χ0v) is 49.6. The van der Waals surface area contributed by atoms with E-state index in [0.29, 0.717) is 30.2 Å². The molecule has 0 aromatic heterocycles. The molecule has 1 spiro atoms. The number of benzene rings is 3. The number of rotatable bonds is 13. The Balaban J connectivity index is 0.00000156. The number of amides is 1. The summed E-state index contributed by atoms with van der Waals surface area (Å²) in [6, 6.07) is 17.8. The third-order valence-corrected chi connectivity index (χ3v) is 13.8. The largest absolute Gasteiger partial charge is 0.483 e. The molecule has 3 aliphatic carbocycles. The molecule has 3 aromatic rings. The zero-order valence-electron chi connectivity index (χ0n) is 49.6. The summed E-state index contributed by atoms with van der Waals surface area (Å²) in [5.41, 5.74) is 16.3. The molecule has 3 aliphatic heterocycles. The third kappa shape index (κ3) is 22.6. The summed E-state index contributed by atoms with van der Waals surface area (Å²) in [4.78, 5) is 44.4. The summed E-state index contributed by atoms with van der Waals surface area (Å²) >= 11 is 0. The van der Waals surface area contributed by atoms with E-state index in [2.05, 4.69) is 130 Å². The Morgan fingerprint density at radius 3 is 1.92 bits per heavy atom. The van der Waals surface area contributed by atoms with E-state index in [1.807, 2.05) is 41.5 Å². The van der Waals surface area contributed by atoms with Crippen molar-refractivity contribution < 1.29 is 29.0 Å². The lowest BCUT2D eigenvalue weighted by molar-refractivity contribution is -0.123. The van der Waals surface area contributed by atoms with Crippen molar-refractivity contribution in [2.45, 2.75) is 169 Å². The van der Waals surface area contributed by atoms with Crippen LogP contribution in [-0.4, -0.2) is 141 Å². The topological polar surface area (TPSA) is 177 Å². The van der Waals surface area contributed by atoms with Gasteiger partial charge >= 0.3 is 0 Å². The number of methoxy groups -OCH3 is 1. The number of aliphatic imine (C=N–C) groups is 1. The third-order valence-electron chi connectivity index (χ3n) is 13.8. The lowest BCUT2D eigenvalue weighted by atomic mass is 9.75. The normalized spacial score (nSPS) is 17.7. The maximum absolute atomic E-state index is 9.34. The van der Waals surface area contributed by atoms with Gasteiger partial charge in [-0.05, 0) is 179 Å². The van der Waals surface area contributed by atoms with Crippen molar-refractivity contribution in [2.75, 3.05) is 92.7 Å². The van der Waals surface area contributed by atoms with Gasteiger partial charge < -0.3 is 45.6 Å². The average molecular weight is 1060 g/mol. The van der Waals surface area contributed by atoms with E-state index in [9.17, 15) is 9.59 Å². The minimum absolute atomic E-state index is 0.115. The second-order valence-corrected chi connectivity index (χ2v) is 19.2. The number of likely N-dealkylation sites (N-methyl/N-ethyl adjacent to an activating group) is 1. The van der Waals surface area contributed by atoms with Gasteiger partial charge in [-0.3, -0.25) is 24.8 Å². The number of carbonyl (C=O) groups excluding carboxylic acids is 3. The van der Waals surface area contributed by atoms with E-state index in [-0.39, 0.29) is 13.0 Å². The molecule has 76 heavy (non-hydrogen) atoms. The predicted molar refractivity (Wildman–Crippen MR) is 323 cm³/mol. The fourth-order valence-electron chi connectivity index (χ4n) is 10.9. The first kappa shape index (κ1) is 71.2. The van der Waals surface area contributed by atoms with Crippen molar-refractivity contribution in [1.82, 2.24) is 31.1 Å². The van der Waals surface area contributed by atoms with Gasteiger partial charge in [0, 0.05) is 59.2 Å². The predicted octanol–water partition coefficient (Wildman–Crippen LogP) is 11.2. The first-order chi connectivity index (χ1) is 37.2. The van der Waals surface area contributed by atoms with Crippen LogP contribution in [0.5, 0.6) is 0 Å². The summed E-state index contributed by atoms with van der Waals surface area (Å²) in [6.07, 6.45) is 20.5. The fraction of sp³-hybridized carbons (Fsp3) is 0.629. The molecule has 9 rings (SSSR count). The number of hydrogen-bond donors (Lipinski definition) is 6. The molecule has 3 heterocycles. The molecule has 14 heteroatoms. The van der Waals surface area contributed by atoms with Crippen LogP contribution in [-0.2, 0) is 48.6 Å². The van der Waals surface area contributed by atoms with Crippen LogP contribution in [0, 0.1) is 0 Å². The maximum Gasteiger partial charge on any atom is 0.290 e. The van der Waals surface area contributed by atoms with Crippen molar-refractivity contribution >= 4 is 44.0 Å². The molecule has 6 N–H and O–H groups in total. The van der Waals surface area contributed by atoms with Crippen LogP contribution in [0.1, 0.15) is 166 Å². The molecule has 3 aromatic carbocycles. The van der Waals surface area contributed by atoms with E-state index in [1.54, 1.807) is 36.5 Å². The van der Waals surface area contributed by atoms with Crippen molar-refractivity contribution in [3.05, 3.63) is 70.3 Å². The number of carboxylic acid groups (broad SMARTS) is 1. The molecule has 1 amide bonds. The van der Waals surface area contributed by atoms with Crippen molar-refractivity contribution in [2.24, 2.45) is 4.99 Å². The molecule has 1 saturated carbocycles. The highest BCUT2D eigenvalue weighted by Crippen LogP contribution is 2.56. The van der Waals surface area contributed by atoms with Gasteiger partial charge in [0.15, 0.2) is 0 Å². The Morgan fingerprint density at radius 2 is 1.39 bits per heavy atom. The van der Waals surface area contributed by atoms with Gasteiger partial charge in [0.1, 0.15) is 13.1 Å². The monoisotopic (exact) mass is 1060 g/mol. The number of ether oxygens (including phenoxy) is 1. The van der Waals surface area contributed by atoms with E-state index in [1.165, 1.54) is 144 Å². The van der Waals surface area contributed by atoms with Crippen LogP contribution in [0.4, 0.5) is 11.4 Å². The summed E-state index contributed by atoms with van der Waals surface area (Å²) in [5.74, 6) is 0. The minimum atomic E-state index is -0.250. The second-order valence-electron chi connectivity index (χ2n) is 19.2. The molecule has 3 saturated heterocycles. The molecule has 14 nitrogen and oxygen atoms in total. The number of nitrogens with zero attached hydrogens (tertiary/aromatic N) is 3. The molecular weight excluding hydrogens is 953 g/mol. The van der Waals surface area contributed by atoms with Crippen molar-refractivity contribution in [1.29, 1.82) is 0 Å². The molecule has 430 valence electrons. The van der Waals surface area contributed by atoms with Gasteiger partial charge in [-0.25, -0.2) is 0 Å². The highest BCUT2D eigenvalue weighted by Gasteiger charge is 2.44. The number of likely N-dealkylation sites (tertiary alicyclic amines) is 2. The standard InChI is InChI=1S/C40H52N6.C5H11N.C3H5NO2.2C3H8.C2H6O.2C2H6.CH2O2.CH2O/c1-41-20-22-46-21-6-7-28(46)24-44-37-23-27(10-15-36(37)42-2)29-11-12-33(35-16-19-40(39(29)35)17-3-4-18-40)32-13-14-34(38-25-43-26-45-38)31-9-5-8-30(31)32;1-6-4-2-3-5-6;5-2-1-4-3-6;3*1-3-2;2*1-2;2-1-3;1-2/h10-15,23,28,38,41,43-45H,2-9,16-22,24-26H2,1H3;2-5H2,1H3;2-3H,1H2,(H,4,6);2*3H2,1-2H3;1-2H3;2*1-2H3;1H,(H,2,3);1H2. The first-order valence-electron chi connectivity index (χ1n) is 28.7. The summed E-state index contributed by atoms with van der Waals surface area (Å²) in [7, 11) is 7.47. The Hall–Kier alpha value is -4.83. The average Bonchev–Trinajstić information content (AvgIpc) is 4.34. The SMILES string of the molecule is C=Nc1ccc(-c2ccc(-c3ccc(C4CNCN4)c4c3CCC4)c3c2C2(CCCC2)CC3)cc1NCC1CCCN1CCNC.C=O.CC.CC.CCC.CCC.CN1CCCC1.COC.O=CCNC=O.O=CO. The highest BCUT2D eigenvalue weighted by molar-refractivity contribution is 5.85. The zero-order chi connectivity index (χ0) is 57.2. The molecule has 2 atom stereocenters. The minimum Gasteiger partial charge on any atom is -0.483 e. The number of fused-ring (bicyclic) bond motifs is 3. The van der Waals surface area contributed by atoms with Crippen molar-refractivity contribution in [3.63, 3.8) is 0 Å². The Bertz CT molecular complexity index is 1990. The Labute approximate surface area is 461 Å². The van der Waals surface area contributed by atoms with Crippen LogP contribution in [0.15, 0.2) is 47.5 Å². The fourth-order valence-corrected chi connectivity index (χ4v) is 10.9. The number of aldehydes is 1. The van der Waals surface area contributed by atoms with Crippen LogP contribution < -0.4 is 26.6 Å². The molecule has 4 fully saturated rings. The number of anilines is 1. The summed E-state index contributed by atoms with van der Waals surface area (Å²) in [6.45, 7) is 31.2. The van der Waals surface area contributed by atoms with E-state index in [0.717, 1.165) is 44.2 Å². The van der Waals surface area contributed by atoms with Gasteiger partial charge in [-0.15, -0.1) is 0 Å². The van der Waals surface area contributed by atoms with Crippen LogP contribution in [0.25, 0.3) is 22.3 Å². The lowest BCUT2D eigenvalue weighted by Gasteiger charge is -2.29. The Morgan fingerprint density at radius 1 is 0.803 bits per heavy atom. The van der Waals surface area contributed by atoms with Crippen LogP contribution >= 0.6 is 0 Å². The number of hydrogen-bond acceptors (Lipinski definition) is 12. The van der Waals surface area contributed by atoms with Gasteiger partial charge in [0.2, 0.25) is 6.41 Å². The second kappa shape index (κ2) is 44.2. The summed E-state index contributed by atoms with van der Waals surface area (Å²) < 4.78 is 4.25. The van der Waals surface area contributed by atoms with E-state index < -0.39 is 0 Å².